The average Bonchev–Trinajstić information content (AvgIpc) is 2.12. The molecule has 0 aromatic heterocycles. The minimum Gasteiger partial charge on any atom is -0.516 e. The molecule has 68 valence electrons. The van der Waals surface area contributed by atoms with Crippen molar-refractivity contribution in [2.75, 3.05) is 0 Å². The highest BCUT2D eigenvalue weighted by atomic mass is 31.0. The van der Waals surface area contributed by atoms with Crippen LogP contribution in [0.5, 0.6) is 0 Å². The molecule has 1 atom stereocenters. The number of aliphatic hydroxyl groups is 2. The molecule has 13 heavy (non-hydrogen) atoms. The van der Waals surface area contributed by atoms with Gasteiger partial charge in [0.15, 0.2) is 0 Å². The van der Waals surface area contributed by atoms with Crippen LogP contribution in [0.1, 0.15) is 11.1 Å². The summed E-state index contributed by atoms with van der Waals surface area (Å²) in [5.41, 5.74) is 1.80. The van der Waals surface area contributed by atoms with Crippen LogP contribution < -0.4 is 5.30 Å². The van der Waals surface area contributed by atoms with Gasteiger partial charge in [0.1, 0.15) is 0 Å². The smallest absolute Gasteiger partial charge is 0.0797 e. The van der Waals surface area contributed by atoms with Crippen molar-refractivity contribution in [1.82, 2.24) is 0 Å². The number of rotatable bonds is 2. The van der Waals surface area contributed by atoms with E-state index < -0.39 is 0 Å². The zero-order valence-electron chi connectivity index (χ0n) is 7.01. The van der Waals surface area contributed by atoms with Crippen LogP contribution in [0.15, 0.2) is 30.7 Å². The van der Waals surface area contributed by atoms with Crippen LogP contribution in [-0.2, 0) is 0 Å². The second-order valence-corrected chi connectivity index (χ2v) is 3.14. The lowest BCUT2D eigenvalue weighted by Crippen LogP contribution is -1.96. The highest BCUT2D eigenvalue weighted by Crippen LogP contribution is 2.09. The molecular weight excluding hydrogens is 183 g/mol. The first-order valence-electron chi connectivity index (χ1n) is 3.79. The van der Waals surface area contributed by atoms with E-state index in [9.17, 15) is 0 Å². The van der Waals surface area contributed by atoms with E-state index in [4.69, 9.17) is 10.2 Å². The quantitative estimate of drug-likeness (QED) is 0.560. The summed E-state index contributed by atoms with van der Waals surface area (Å²) < 4.78 is 0. The lowest BCUT2D eigenvalue weighted by molar-refractivity contribution is 0.478. The summed E-state index contributed by atoms with van der Waals surface area (Å²) in [5.74, 6) is 0. The van der Waals surface area contributed by atoms with Gasteiger partial charge in [0.2, 0.25) is 0 Å². The Labute approximate surface area is 79.4 Å². The van der Waals surface area contributed by atoms with E-state index in [1.54, 1.807) is 12.2 Å². The van der Waals surface area contributed by atoms with Gasteiger partial charge in [0.25, 0.3) is 0 Å². The van der Waals surface area contributed by atoms with Crippen molar-refractivity contribution in [3.05, 3.63) is 41.9 Å². The van der Waals surface area contributed by atoms with Gasteiger partial charge in [-0.15, -0.1) is 9.24 Å². The lowest BCUT2D eigenvalue weighted by Gasteiger charge is -2.00. The maximum absolute atomic E-state index is 8.61. The highest BCUT2D eigenvalue weighted by Gasteiger charge is 1.94. The van der Waals surface area contributed by atoms with Crippen LogP contribution in [0.3, 0.4) is 0 Å². The Hall–Kier alpha value is -1.27. The summed E-state index contributed by atoms with van der Waals surface area (Å²) >= 11 is 0. The van der Waals surface area contributed by atoms with Crippen molar-refractivity contribution in [3.8, 4) is 0 Å². The van der Waals surface area contributed by atoms with E-state index in [0.29, 0.717) is 0 Å². The molecule has 3 heteroatoms. The van der Waals surface area contributed by atoms with Crippen molar-refractivity contribution in [1.29, 1.82) is 0 Å². The van der Waals surface area contributed by atoms with E-state index in [1.165, 1.54) is 0 Å². The van der Waals surface area contributed by atoms with Gasteiger partial charge in [-0.05, 0) is 34.6 Å². The fraction of sp³-hybridized carbons (Fsp3) is 0. The van der Waals surface area contributed by atoms with Gasteiger partial charge in [-0.2, -0.15) is 0 Å². The first-order chi connectivity index (χ1) is 6.27. The largest absolute Gasteiger partial charge is 0.516 e. The van der Waals surface area contributed by atoms with E-state index in [1.807, 2.05) is 18.2 Å². The SMILES string of the molecule is O/C=C/c1ccc(P)c(/C=C/O)c1. The normalized spacial score (nSPS) is 11.5. The summed E-state index contributed by atoms with van der Waals surface area (Å²) in [5, 5.41) is 18.2. The molecule has 0 aliphatic heterocycles. The Balaban J connectivity index is 3.10. The molecule has 0 aliphatic rings. The standard InChI is InChI=1S/C10H11O2P/c11-5-3-8-1-2-10(13)9(7-8)4-6-12/h1-7,11-12H,13H2/b5-3+,6-4+. The van der Waals surface area contributed by atoms with E-state index >= 15 is 0 Å². The topological polar surface area (TPSA) is 40.5 Å². The van der Waals surface area contributed by atoms with Crippen molar-refractivity contribution in [3.63, 3.8) is 0 Å². The third-order valence-electron chi connectivity index (χ3n) is 1.63. The molecule has 1 unspecified atom stereocenters. The van der Waals surface area contributed by atoms with E-state index in [-0.39, 0.29) is 0 Å². The molecule has 2 nitrogen and oxygen atoms in total. The Morgan fingerprint density at radius 2 is 1.77 bits per heavy atom. The van der Waals surface area contributed by atoms with Crippen molar-refractivity contribution in [2.24, 2.45) is 0 Å². The van der Waals surface area contributed by atoms with Gasteiger partial charge < -0.3 is 10.2 Å². The first kappa shape index (κ1) is 9.82. The van der Waals surface area contributed by atoms with E-state index in [0.717, 1.165) is 29.0 Å². The maximum Gasteiger partial charge on any atom is 0.0797 e. The Kier molecular flexibility index (Phi) is 3.53. The van der Waals surface area contributed by atoms with Crippen molar-refractivity contribution < 1.29 is 10.2 Å². The number of aliphatic hydroxyl groups excluding tert-OH is 2. The summed E-state index contributed by atoms with van der Waals surface area (Å²) in [6, 6.07) is 5.64. The van der Waals surface area contributed by atoms with Crippen LogP contribution in [0.4, 0.5) is 0 Å². The van der Waals surface area contributed by atoms with Gasteiger partial charge in [-0.25, -0.2) is 0 Å². The van der Waals surface area contributed by atoms with Gasteiger partial charge in [0.05, 0.1) is 12.5 Å². The van der Waals surface area contributed by atoms with Crippen LogP contribution in [0.2, 0.25) is 0 Å². The molecule has 0 saturated carbocycles. The lowest BCUT2D eigenvalue weighted by atomic mass is 10.1. The summed E-state index contributed by atoms with van der Waals surface area (Å²) in [6.07, 6.45) is 5.16. The van der Waals surface area contributed by atoms with Crippen molar-refractivity contribution in [2.45, 2.75) is 0 Å². The zero-order valence-corrected chi connectivity index (χ0v) is 8.17. The summed E-state index contributed by atoms with van der Waals surface area (Å²) in [4.78, 5) is 0. The minimum atomic E-state index is 0.891. The Morgan fingerprint density at radius 1 is 1.08 bits per heavy atom. The van der Waals surface area contributed by atoms with Crippen LogP contribution in [0.25, 0.3) is 12.2 Å². The first-order valence-corrected chi connectivity index (χ1v) is 4.36. The maximum atomic E-state index is 8.61. The fourth-order valence-electron chi connectivity index (χ4n) is 1.01. The van der Waals surface area contributed by atoms with E-state index in [2.05, 4.69) is 9.24 Å². The number of hydrogen-bond donors (Lipinski definition) is 2. The molecule has 2 N–H and O–H groups in total. The molecule has 0 heterocycles. The molecule has 1 aromatic carbocycles. The predicted molar refractivity (Wildman–Crippen MR) is 59.1 cm³/mol. The molecule has 0 bridgehead atoms. The number of hydrogen-bond acceptors (Lipinski definition) is 2. The summed E-state index contributed by atoms with van der Waals surface area (Å²) in [6.45, 7) is 0. The van der Waals surface area contributed by atoms with Crippen LogP contribution >= 0.6 is 9.24 Å². The second-order valence-electron chi connectivity index (χ2n) is 2.52. The average molecular weight is 194 g/mol. The molecule has 1 rings (SSSR count). The molecule has 0 radical (unpaired) electrons. The summed E-state index contributed by atoms with van der Waals surface area (Å²) in [7, 11) is 2.57. The van der Waals surface area contributed by atoms with Crippen LogP contribution in [-0.4, -0.2) is 10.2 Å². The molecule has 0 spiro atoms. The molecule has 0 fully saturated rings. The zero-order chi connectivity index (χ0) is 9.68. The van der Waals surface area contributed by atoms with Gasteiger partial charge in [-0.1, -0.05) is 12.1 Å². The van der Waals surface area contributed by atoms with Gasteiger partial charge >= 0.3 is 0 Å². The predicted octanol–water partition coefficient (Wildman–Crippen LogP) is 2.24. The monoisotopic (exact) mass is 194 g/mol. The molecular formula is C10H11O2P. The van der Waals surface area contributed by atoms with Gasteiger partial charge in [0, 0.05) is 0 Å². The van der Waals surface area contributed by atoms with Gasteiger partial charge in [-0.3, -0.25) is 0 Å². The Morgan fingerprint density at radius 3 is 2.38 bits per heavy atom. The second kappa shape index (κ2) is 4.68. The molecule has 0 aliphatic carbocycles. The number of benzene rings is 1. The molecule has 1 aromatic rings. The minimum absolute atomic E-state index is 0.891. The molecule has 0 amide bonds. The molecule has 0 saturated heterocycles. The highest BCUT2D eigenvalue weighted by molar-refractivity contribution is 7.27. The Bertz CT molecular complexity index is 343. The fourth-order valence-corrected chi connectivity index (χ4v) is 1.28. The van der Waals surface area contributed by atoms with Crippen molar-refractivity contribution >= 4 is 26.7 Å². The van der Waals surface area contributed by atoms with Crippen LogP contribution in [0, 0.1) is 0 Å². The third kappa shape index (κ3) is 2.60. The third-order valence-corrected chi connectivity index (χ3v) is 2.16.